The summed E-state index contributed by atoms with van der Waals surface area (Å²) in [5.41, 5.74) is -2.02. The van der Waals surface area contributed by atoms with Crippen molar-refractivity contribution in [2.45, 2.75) is 82.5 Å². The lowest BCUT2D eigenvalue weighted by molar-refractivity contribution is -0.138. The maximum atomic E-state index is 15.4. The number of amides is 4. The molecule has 5 rings (SSSR count). The molecular weight excluding hydrogens is 614 g/mol. The maximum Gasteiger partial charge on any atom is 0.419 e. The summed E-state index contributed by atoms with van der Waals surface area (Å²) in [7, 11) is 0. The second kappa shape index (κ2) is 13.2. The minimum Gasteiger partial charge on any atom is -0.339 e. The lowest BCUT2D eigenvalue weighted by Crippen LogP contribution is -2.54. The molecule has 46 heavy (non-hydrogen) atoms. The van der Waals surface area contributed by atoms with Crippen molar-refractivity contribution in [2.75, 3.05) is 4.90 Å². The summed E-state index contributed by atoms with van der Waals surface area (Å²) in [6.45, 7) is -0.314. The van der Waals surface area contributed by atoms with Crippen LogP contribution in [0.2, 0.25) is 0 Å². The van der Waals surface area contributed by atoms with Gasteiger partial charge in [0.25, 0.3) is 5.91 Å². The number of aromatic nitrogens is 3. The van der Waals surface area contributed by atoms with Crippen LogP contribution >= 0.6 is 0 Å². The average molecular weight is 644 g/mol. The van der Waals surface area contributed by atoms with Crippen molar-refractivity contribution in [1.29, 1.82) is 5.26 Å². The van der Waals surface area contributed by atoms with Crippen LogP contribution in [0.5, 0.6) is 0 Å². The van der Waals surface area contributed by atoms with Gasteiger partial charge in [-0.2, -0.15) is 23.4 Å². The van der Waals surface area contributed by atoms with E-state index in [1.165, 1.54) is 23.1 Å². The molecule has 0 radical (unpaired) electrons. The Morgan fingerprint density at radius 1 is 1.13 bits per heavy atom. The highest BCUT2D eigenvalue weighted by Gasteiger charge is 2.61. The molecule has 12 nitrogen and oxygen atoms in total. The number of nitriles is 1. The summed E-state index contributed by atoms with van der Waals surface area (Å²) in [6.07, 6.45) is 1.81. The van der Waals surface area contributed by atoms with E-state index in [1.807, 2.05) is 0 Å². The van der Waals surface area contributed by atoms with Crippen molar-refractivity contribution in [3.63, 3.8) is 0 Å². The summed E-state index contributed by atoms with van der Waals surface area (Å²) in [6, 6.07) is 5.16. The van der Waals surface area contributed by atoms with Crippen LogP contribution in [0.25, 0.3) is 11.4 Å². The molecule has 3 heterocycles. The zero-order chi connectivity index (χ0) is 33.1. The summed E-state index contributed by atoms with van der Waals surface area (Å²) in [5, 5.41) is 21.5. The number of hydrogen-bond donors (Lipinski definition) is 2. The van der Waals surface area contributed by atoms with Crippen LogP contribution in [0.1, 0.15) is 80.5 Å². The SMILES string of the molecule is N#Cc1ncc(N2C(=O)N(Cc3ccc(-c4noc(CCCCCCCC(=O)NO)n4)cc3F)C3(CCC3)C2=O)cc1C(F)(F)F. The Bertz CT molecular complexity index is 1680. The molecule has 2 N–H and O–H groups in total. The minimum atomic E-state index is -4.94. The Labute approximate surface area is 259 Å². The molecule has 2 fully saturated rings. The van der Waals surface area contributed by atoms with Gasteiger partial charge in [0.1, 0.15) is 17.4 Å². The number of rotatable bonds is 12. The fourth-order valence-corrected chi connectivity index (χ4v) is 5.64. The molecule has 242 valence electrons. The number of hydrogen-bond acceptors (Lipinski definition) is 9. The van der Waals surface area contributed by atoms with Gasteiger partial charge in [0, 0.05) is 24.0 Å². The predicted molar refractivity (Wildman–Crippen MR) is 150 cm³/mol. The molecule has 0 unspecified atom stereocenters. The smallest absolute Gasteiger partial charge is 0.339 e. The molecule has 1 aromatic carbocycles. The lowest BCUT2D eigenvalue weighted by Gasteiger charge is -2.42. The third-order valence-electron chi connectivity index (χ3n) is 8.29. The molecule has 1 spiro atoms. The predicted octanol–water partition coefficient (Wildman–Crippen LogP) is 5.44. The summed E-state index contributed by atoms with van der Waals surface area (Å²) >= 11 is 0. The molecule has 2 aliphatic rings. The number of nitrogens with one attached hydrogen (secondary N) is 1. The number of aryl methyl sites for hydroxylation is 1. The van der Waals surface area contributed by atoms with Gasteiger partial charge in [-0.05, 0) is 44.2 Å². The quantitative estimate of drug-likeness (QED) is 0.0859. The zero-order valence-corrected chi connectivity index (χ0v) is 24.4. The van der Waals surface area contributed by atoms with E-state index in [1.54, 1.807) is 11.5 Å². The number of halogens is 4. The number of urea groups is 1. The number of carbonyl (C=O) groups is 3. The molecule has 16 heteroatoms. The number of alkyl halides is 3. The molecular formula is C30H29F4N7O5. The monoisotopic (exact) mass is 643 g/mol. The molecule has 2 aromatic heterocycles. The molecule has 0 bridgehead atoms. The van der Waals surface area contributed by atoms with Gasteiger partial charge >= 0.3 is 12.2 Å². The molecule has 1 saturated heterocycles. The van der Waals surface area contributed by atoms with Crippen molar-refractivity contribution in [3.05, 3.63) is 59.0 Å². The average Bonchev–Trinajstić information content (AvgIpc) is 3.56. The maximum absolute atomic E-state index is 15.4. The molecule has 1 saturated carbocycles. The van der Waals surface area contributed by atoms with E-state index in [0.29, 0.717) is 41.7 Å². The summed E-state index contributed by atoms with van der Waals surface area (Å²) in [5.74, 6) is -1.31. The fourth-order valence-electron chi connectivity index (χ4n) is 5.64. The van der Waals surface area contributed by atoms with Gasteiger partial charge in [-0.1, -0.05) is 36.6 Å². The zero-order valence-electron chi connectivity index (χ0n) is 24.4. The van der Waals surface area contributed by atoms with Crippen LogP contribution in [0.4, 0.5) is 28.0 Å². The second-order valence-electron chi connectivity index (χ2n) is 11.2. The third-order valence-corrected chi connectivity index (χ3v) is 8.29. The molecule has 4 amide bonds. The number of benzene rings is 1. The van der Waals surface area contributed by atoms with Gasteiger partial charge < -0.3 is 9.42 Å². The van der Waals surface area contributed by atoms with Crippen molar-refractivity contribution >= 4 is 23.5 Å². The van der Waals surface area contributed by atoms with Gasteiger partial charge in [0.2, 0.25) is 17.6 Å². The van der Waals surface area contributed by atoms with Crippen LogP contribution in [-0.2, 0) is 28.7 Å². The van der Waals surface area contributed by atoms with E-state index >= 15 is 4.39 Å². The van der Waals surface area contributed by atoms with Crippen molar-refractivity contribution in [3.8, 4) is 17.5 Å². The van der Waals surface area contributed by atoms with Gasteiger partial charge in [-0.3, -0.25) is 14.8 Å². The lowest BCUT2D eigenvalue weighted by atomic mass is 9.75. The van der Waals surface area contributed by atoms with E-state index in [2.05, 4.69) is 15.1 Å². The number of unbranched alkanes of at least 4 members (excludes halogenated alkanes) is 4. The van der Waals surface area contributed by atoms with Crippen LogP contribution in [0.3, 0.4) is 0 Å². The second-order valence-corrected chi connectivity index (χ2v) is 11.2. The number of anilines is 1. The molecule has 1 aliphatic carbocycles. The Kier molecular flexibility index (Phi) is 9.33. The Balaban J connectivity index is 1.25. The van der Waals surface area contributed by atoms with Crippen molar-refractivity contribution < 1.29 is 41.7 Å². The van der Waals surface area contributed by atoms with Crippen LogP contribution in [0.15, 0.2) is 35.0 Å². The van der Waals surface area contributed by atoms with Crippen molar-refractivity contribution in [2.24, 2.45) is 0 Å². The van der Waals surface area contributed by atoms with E-state index in [4.69, 9.17) is 15.0 Å². The third kappa shape index (κ3) is 6.41. The first kappa shape index (κ1) is 32.5. The van der Waals surface area contributed by atoms with Crippen LogP contribution in [0, 0.1) is 17.1 Å². The number of nitrogens with zero attached hydrogens (tertiary/aromatic N) is 6. The highest BCUT2D eigenvalue weighted by atomic mass is 19.4. The fraction of sp³-hybridized carbons (Fsp3) is 0.433. The number of hydroxylamine groups is 1. The molecule has 1 aliphatic heterocycles. The van der Waals surface area contributed by atoms with Gasteiger partial charge in [0.05, 0.1) is 24.0 Å². The molecule has 0 atom stereocenters. The topological polar surface area (TPSA) is 166 Å². The van der Waals surface area contributed by atoms with E-state index in [-0.39, 0.29) is 37.2 Å². The first-order valence-electron chi connectivity index (χ1n) is 14.7. The Morgan fingerprint density at radius 2 is 1.87 bits per heavy atom. The first-order chi connectivity index (χ1) is 22.0. The Morgan fingerprint density at radius 3 is 2.52 bits per heavy atom. The van der Waals surface area contributed by atoms with Gasteiger partial charge in [-0.15, -0.1) is 0 Å². The minimum absolute atomic E-state index is 0.0761. The normalized spacial score (nSPS) is 15.7. The summed E-state index contributed by atoms with van der Waals surface area (Å²) < 4.78 is 61.4. The van der Waals surface area contributed by atoms with Gasteiger partial charge in [0.15, 0.2) is 5.69 Å². The van der Waals surface area contributed by atoms with E-state index in [9.17, 15) is 27.6 Å². The highest BCUT2D eigenvalue weighted by molar-refractivity contribution is 6.23. The number of pyridine rings is 1. The van der Waals surface area contributed by atoms with E-state index < -0.39 is 52.3 Å². The van der Waals surface area contributed by atoms with Crippen molar-refractivity contribution in [1.82, 2.24) is 25.5 Å². The van der Waals surface area contributed by atoms with Crippen LogP contribution in [-0.4, -0.2) is 48.6 Å². The Hall–Kier alpha value is -4.91. The highest BCUT2D eigenvalue weighted by Crippen LogP contribution is 2.47. The standard InChI is InChI=1S/C30H29F4N7O5/c31-22-13-18(26-37-25(46-39-26)8-5-3-1-2-4-7-24(42)38-45)9-10-19(22)17-40-28(44)41(27(43)29(40)11-6-12-29)20-14-21(30(32,33)34)23(15-35)36-16-20/h9-10,13-14,16,45H,1-8,11-12,17H2,(H,38,42). The first-order valence-corrected chi connectivity index (χ1v) is 14.7. The number of imide groups is 1. The van der Waals surface area contributed by atoms with Crippen LogP contribution < -0.4 is 10.4 Å². The van der Waals surface area contributed by atoms with E-state index in [0.717, 1.165) is 31.9 Å². The largest absolute Gasteiger partial charge is 0.419 e. The van der Waals surface area contributed by atoms with Gasteiger partial charge in [-0.25, -0.2) is 24.5 Å². The number of carbonyl (C=O) groups excluding carboxylic acids is 3. The molecule has 3 aromatic rings. The summed E-state index contributed by atoms with van der Waals surface area (Å²) in [4.78, 5) is 47.7.